The lowest BCUT2D eigenvalue weighted by Gasteiger charge is -2.23. The van der Waals surface area contributed by atoms with Crippen LogP contribution in [0.5, 0.6) is 0 Å². The molecule has 0 aromatic heterocycles. The number of aliphatic hydroxyl groups is 1. The van der Waals surface area contributed by atoms with Gasteiger partial charge in [0, 0.05) is 13.2 Å². The number of nitrogens with one attached hydrogen (secondary N) is 1. The molecule has 2 rings (SSSR count). The number of benzene rings is 1. The van der Waals surface area contributed by atoms with Crippen LogP contribution >= 0.6 is 0 Å². The molecule has 0 aliphatic heterocycles. The third-order valence-electron chi connectivity index (χ3n) is 3.91. The number of hydrogen-bond donors (Lipinski definition) is 2. The van der Waals surface area contributed by atoms with Gasteiger partial charge in [-0.1, -0.05) is 19.9 Å². The second-order valence-corrected chi connectivity index (χ2v) is 8.01. The van der Waals surface area contributed by atoms with Crippen LogP contribution in [-0.4, -0.2) is 26.7 Å². The summed E-state index contributed by atoms with van der Waals surface area (Å²) in [7, 11) is -3.46. The molecule has 0 spiro atoms. The van der Waals surface area contributed by atoms with E-state index in [2.05, 4.69) is 4.72 Å². The molecular formula is C15H23NO3S. The zero-order valence-corrected chi connectivity index (χ0v) is 13.0. The van der Waals surface area contributed by atoms with Crippen LogP contribution < -0.4 is 4.72 Å². The molecule has 4 nitrogen and oxygen atoms in total. The first-order valence-corrected chi connectivity index (χ1v) is 8.55. The first-order chi connectivity index (χ1) is 9.34. The SMILES string of the molecule is CC(C)(CCO)CNS(=O)(=O)c1ccc2c(c1)CCC2. The van der Waals surface area contributed by atoms with Gasteiger partial charge in [-0.25, -0.2) is 13.1 Å². The van der Waals surface area contributed by atoms with Crippen molar-refractivity contribution in [1.29, 1.82) is 0 Å². The normalized spacial score (nSPS) is 15.3. The topological polar surface area (TPSA) is 66.4 Å². The summed E-state index contributed by atoms with van der Waals surface area (Å²) in [5, 5.41) is 8.98. The van der Waals surface area contributed by atoms with Crippen LogP contribution in [-0.2, 0) is 22.9 Å². The van der Waals surface area contributed by atoms with Gasteiger partial charge < -0.3 is 5.11 Å². The third kappa shape index (κ3) is 3.59. The van der Waals surface area contributed by atoms with Gasteiger partial charge in [-0.05, 0) is 54.4 Å². The van der Waals surface area contributed by atoms with E-state index >= 15 is 0 Å². The monoisotopic (exact) mass is 297 g/mol. The molecule has 0 unspecified atom stereocenters. The van der Waals surface area contributed by atoms with Crippen molar-refractivity contribution in [3.63, 3.8) is 0 Å². The Morgan fingerprint density at radius 3 is 2.65 bits per heavy atom. The minimum absolute atomic E-state index is 0.0631. The van der Waals surface area contributed by atoms with Gasteiger partial charge in [-0.2, -0.15) is 0 Å². The molecule has 0 atom stereocenters. The molecule has 1 aromatic carbocycles. The summed E-state index contributed by atoms with van der Waals surface area (Å²) in [6, 6.07) is 5.41. The summed E-state index contributed by atoms with van der Waals surface area (Å²) in [5.74, 6) is 0. The quantitative estimate of drug-likeness (QED) is 0.842. The molecule has 1 aliphatic rings. The summed E-state index contributed by atoms with van der Waals surface area (Å²) >= 11 is 0. The lowest BCUT2D eigenvalue weighted by atomic mass is 9.90. The van der Waals surface area contributed by atoms with Gasteiger partial charge in [0.25, 0.3) is 0 Å². The maximum absolute atomic E-state index is 12.3. The highest BCUT2D eigenvalue weighted by atomic mass is 32.2. The summed E-state index contributed by atoms with van der Waals surface area (Å²) < 4.78 is 27.3. The zero-order chi connectivity index (χ0) is 14.8. The van der Waals surface area contributed by atoms with E-state index < -0.39 is 10.0 Å². The lowest BCUT2D eigenvalue weighted by Crippen LogP contribution is -2.34. The molecule has 112 valence electrons. The van der Waals surface area contributed by atoms with Gasteiger partial charge >= 0.3 is 0 Å². The molecule has 0 saturated heterocycles. The van der Waals surface area contributed by atoms with E-state index in [1.54, 1.807) is 12.1 Å². The van der Waals surface area contributed by atoms with E-state index in [1.165, 1.54) is 5.56 Å². The Kier molecular flexibility index (Phi) is 4.52. The van der Waals surface area contributed by atoms with Crippen molar-refractivity contribution in [1.82, 2.24) is 4.72 Å². The second kappa shape index (κ2) is 5.84. The molecule has 0 amide bonds. The Morgan fingerprint density at radius 1 is 1.25 bits per heavy atom. The molecule has 0 fully saturated rings. The second-order valence-electron chi connectivity index (χ2n) is 6.25. The minimum Gasteiger partial charge on any atom is -0.396 e. The zero-order valence-electron chi connectivity index (χ0n) is 12.1. The van der Waals surface area contributed by atoms with Crippen LogP contribution in [0.1, 0.15) is 37.8 Å². The fourth-order valence-corrected chi connectivity index (χ4v) is 3.77. The molecule has 1 aromatic rings. The van der Waals surface area contributed by atoms with Gasteiger partial charge in [0.05, 0.1) is 4.90 Å². The number of sulfonamides is 1. The highest BCUT2D eigenvalue weighted by Crippen LogP contribution is 2.25. The van der Waals surface area contributed by atoms with Gasteiger partial charge in [-0.15, -0.1) is 0 Å². The average Bonchev–Trinajstić information content (AvgIpc) is 2.84. The molecule has 0 heterocycles. The maximum atomic E-state index is 12.3. The standard InChI is InChI=1S/C15H23NO3S/c1-15(2,8-9-17)11-16-20(18,19)14-7-6-12-4-3-5-13(12)10-14/h6-7,10,16-17H,3-5,8-9,11H2,1-2H3. The van der Waals surface area contributed by atoms with E-state index in [4.69, 9.17) is 5.11 Å². The smallest absolute Gasteiger partial charge is 0.240 e. The summed E-state index contributed by atoms with van der Waals surface area (Å²) in [6.45, 7) is 4.27. The largest absolute Gasteiger partial charge is 0.396 e. The average molecular weight is 297 g/mol. The number of fused-ring (bicyclic) bond motifs is 1. The molecule has 0 saturated carbocycles. The molecule has 5 heteroatoms. The number of rotatable bonds is 6. The molecule has 20 heavy (non-hydrogen) atoms. The van der Waals surface area contributed by atoms with Gasteiger partial charge in [0.15, 0.2) is 0 Å². The van der Waals surface area contributed by atoms with Gasteiger partial charge in [0.2, 0.25) is 10.0 Å². The summed E-state index contributed by atoms with van der Waals surface area (Å²) in [4.78, 5) is 0.345. The van der Waals surface area contributed by atoms with Crippen molar-refractivity contribution in [2.45, 2.75) is 44.4 Å². The predicted octanol–water partition coefficient (Wildman–Crippen LogP) is 1.86. The minimum atomic E-state index is -3.46. The first kappa shape index (κ1) is 15.5. The summed E-state index contributed by atoms with van der Waals surface area (Å²) in [5.41, 5.74) is 2.17. The highest BCUT2D eigenvalue weighted by Gasteiger charge is 2.23. The van der Waals surface area contributed by atoms with E-state index in [9.17, 15) is 8.42 Å². The van der Waals surface area contributed by atoms with Crippen LogP contribution in [0.4, 0.5) is 0 Å². The van der Waals surface area contributed by atoms with E-state index in [-0.39, 0.29) is 12.0 Å². The fourth-order valence-electron chi connectivity index (χ4n) is 2.48. The number of hydrogen-bond acceptors (Lipinski definition) is 3. The Balaban J connectivity index is 2.11. The van der Waals surface area contributed by atoms with Gasteiger partial charge in [0.1, 0.15) is 0 Å². The maximum Gasteiger partial charge on any atom is 0.240 e. The fraction of sp³-hybridized carbons (Fsp3) is 0.600. The van der Waals surface area contributed by atoms with Crippen molar-refractivity contribution in [2.75, 3.05) is 13.2 Å². The van der Waals surface area contributed by atoms with Gasteiger partial charge in [-0.3, -0.25) is 0 Å². The number of aryl methyl sites for hydroxylation is 2. The van der Waals surface area contributed by atoms with Crippen LogP contribution in [0, 0.1) is 5.41 Å². The molecule has 2 N–H and O–H groups in total. The molecule has 0 bridgehead atoms. The van der Waals surface area contributed by atoms with E-state index in [0.717, 1.165) is 24.8 Å². The Hall–Kier alpha value is -0.910. The third-order valence-corrected chi connectivity index (χ3v) is 5.31. The molecule has 1 aliphatic carbocycles. The number of aliphatic hydroxyl groups excluding tert-OH is 1. The molecular weight excluding hydrogens is 274 g/mol. The van der Waals surface area contributed by atoms with Crippen molar-refractivity contribution < 1.29 is 13.5 Å². The predicted molar refractivity (Wildman–Crippen MR) is 79.1 cm³/mol. The lowest BCUT2D eigenvalue weighted by molar-refractivity contribution is 0.213. The highest BCUT2D eigenvalue weighted by molar-refractivity contribution is 7.89. The van der Waals surface area contributed by atoms with Crippen molar-refractivity contribution >= 4 is 10.0 Å². The van der Waals surface area contributed by atoms with Crippen LogP contribution in [0.3, 0.4) is 0 Å². The van der Waals surface area contributed by atoms with E-state index in [0.29, 0.717) is 17.9 Å². The van der Waals surface area contributed by atoms with Crippen LogP contribution in [0.2, 0.25) is 0 Å². The molecule has 0 radical (unpaired) electrons. The van der Waals surface area contributed by atoms with Crippen molar-refractivity contribution in [3.05, 3.63) is 29.3 Å². The Morgan fingerprint density at radius 2 is 1.95 bits per heavy atom. The van der Waals surface area contributed by atoms with Crippen LogP contribution in [0.25, 0.3) is 0 Å². The first-order valence-electron chi connectivity index (χ1n) is 7.06. The van der Waals surface area contributed by atoms with Crippen molar-refractivity contribution in [3.8, 4) is 0 Å². The van der Waals surface area contributed by atoms with E-state index in [1.807, 2.05) is 19.9 Å². The Labute approximate surface area is 121 Å². The van der Waals surface area contributed by atoms with Crippen LogP contribution in [0.15, 0.2) is 23.1 Å². The Bertz CT molecular complexity index is 579. The van der Waals surface area contributed by atoms with Crippen molar-refractivity contribution in [2.24, 2.45) is 5.41 Å². The summed E-state index contributed by atoms with van der Waals surface area (Å²) in [6.07, 6.45) is 3.69.